The van der Waals surface area contributed by atoms with Gasteiger partial charge in [0.2, 0.25) is 5.95 Å². The Hall–Kier alpha value is -4.06. The third-order valence-electron chi connectivity index (χ3n) is 6.77. The first kappa shape index (κ1) is 24.3. The first-order valence-corrected chi connectivity index (χ1v) is 13.3. The average Bonchev–Trinajstić information content (AvgIpc) is 3.67. The summed E-state index contributed by atoms with van der Waals surface area (Å²) in [6.07, 6.45) is 2.82. The summed E-state index contributed by atoms with van der Waals surface area (Å²) >= 11 is 1.38. The van der Waals surface area contributed by atoms with Crippen molar-refractivity contribution in [3.63, 3.8) is 0 Å². The summed E-state index contributed by atoms with van der Waals surface area (Å²) in [7, 11) is -1.51. The van der Waals surface area contributed by atoms with E-state index in [0.717, 1.165) is 58.5 Å². The second-order valence-electron chi connectivity index (χ2n) is 9.31. The van der Waals surface area contributed by atoms with E-state index in [1.807, 2.05) is 47.9 Å². The van der Waals surface area contributed by atoms with Crippen molar-refractivity contribution in [2.24, 2.45) is 0 Å². The molecule has 1 amide bonds. The van der Waals surface area contributed by atoms with Crippen LogP contribution in [0.3, 0.4) is 0 Å². The Kier molecular flexibility index (Phi) is 6.40. The zero-order valence-corrected chi connectivity index (χ0v) is 21.5. The van der Waals surface area contributed by atoms with E-state index in [2.05, 4.69) is 15.6 Å². The van der Waals surface area contributed by atoms with E-state index in [9.17, 15) is 14.8 Å². The zero-order chi connectivity index (χ0) is 26.2. The van der Waals surface area contributed by atoms with Crippen molar-refractivity contribution in [3.8, 4) is 5.95 Å². The maximum Gasteiger partial charge on any atom is 0.488 e. The van der Waals surface area contributed by atoms with E-state index < -0.39 is 7.12 Å². The lowest BCUT2D eigenvalue weighted by molar-refractivity contribution is 0.102. The van der Waals surface area contributed by atoms with Crippen LogP contribution < -0.4 is 16.1 Å². The normalized spacial score (nSPS) is 12.5. The van der Waals surface area contributed by atoms with Gasteiger partial charge in [0.1, 0.15) is 11.5 Å². The lowest BCUT2D eigenvalue weighted by Crippen LogP contribution is -2.30. The molecule has 38 heavy (non-hydrogen) atoms. The second kappa shape index (κ2) is 10.0. The van der Waals surface area contributed by atoms with Gasteiger partial charge in [0.05, 0.1) is 22.4 Å². The summed E-state index contributed by atoms with van der Waals surface area (Å²) in [5, 5.41) is 28.1. The number of thiazole rings is 1. The number of carbonyl (C=O) groups is 1. The van der Waals surface area contributed by atoms with Gasteiger partial charge in [0.15, 0.2) is 0 Å². The monoisotopic (exact) mass is 524 g/mol. The Morgan fingerprint density at radius 3 is 2.82 bits per heavy atom. The molecule has 0 atom stereocenters. The van der Waals surface area contributed by atoms with Gasteiger partial charge < -0.3 is 20.7 Å². The number of nitrogens with one attached hydrogen (secondary N) is 2. The molecule has 0 fully saturated rings. The third-order valence-corrected chi connectivity index (χ3v) is 7.36. The van der Waals surface area contributed by atoms with Crippen LogP contribution in [-0.2, 0) is 19.4 Å². The molecule has 3 aromatic heterocycles. The molecule has 5 aromatic rings. The third kappa shape index (κ3) is 4.56. The molecule has 0 unspecified atom stereocenters. The van der Waals surface area contributed by atoms with Crippen molar-refractivity contribution in [2.45, 2.75) is 32.7 Å². The zero-order valence-electron chi connectivity index (χ0n) is 20.7. The first-order chi connectivity index (χ1) is 18.5. The minimum absolute atomic E-state index is 0.248. The van der Waals surface area contributed by atoms with Crippen molar-refractivity contribution in [3.05, 3.63) is 87.6 Å². The average molecular weight is 524 g/mol. The van der Waals surface area contributed by atoms with Crippen molar-refractivity contribution < 1.29 is 14.8 Å². The molecule has 0 spiro atoms. The van der Waals surface area contributed by atoms with E-state index in [4.69, 9.17) is 9.97 Å². The van der Waals surface area contributed by atoms with Crippen LogP contribution in [0.5, 0.6) is 0 Å². The molecular formula is C27H25BN6O3S. The van der Waals surface area contributed by atoms with Gasteiger partial charge in [0, 0.05) is 28.6 Å². The molecule has 1 aliphatic rings. The lowest BCUT2D eigenvalue weighted by atomic mass is 9.79. The van der Waals surface area contributed by atoms with Gasteiger partial charge in [0.25, 0.3) is 5.91 Å². The largest absolute Gasteiger partial charge is 0.488 e. The standard InChI is InChI=1S/C27H25BN6O3S/c1-16-11-20-22(31-26(35)23-14-38-15-30-23)9-4-10-24(20)34(16)27-32-21-8-3-7-19(21)25(33-27)29-13-17-5-2-6-18(12-17)28(36)37/h2,4-6,9-12,14-15,36-37H,3,7-8,13H2,1H3,(H,31,35)(H,29,32,33). The van der Waals surface area contributed by atoms with Crippen LogP contribution in [0.1, 0.15) is 39.4 Å². The summed E-state index contributed by atoms with van der Waals surface area (Å²) in [6.45, 7) is 2.49. The van der Waals surface area contributed by atoms with Crippen LogP contribution in [-0.4, -0.2) is 42.6 Å². The van der Waals surface area contributed by atoms with Crippen molar-refractivity contribution in [1.82, 2.24) is 19.5 Å². The van der Waals surface area contributed by atoms with E-state index >= 15 is 0 Å². The maximum absolute atomic E-state index is 12.7. The van der Waals surface area contributed by atoms with Gasteiger partial charge >= 0.3 is 7.12 Å². The quantitative estimate of drug-likeness (QED) is 0.241. The number of benzene rings is 2. The molecule has 0 aliphatic heterocycles. The van der Waals surface area contributed by atoms with Crippen LogP contribution in [0, 0.1) is 6.92 Å². The minimum atomic E-state index is -1.51. The highest BCUT2D eigenvalue weighted by Crippen LogP contribution is 2.32. The smallest absolute Gasteiger partial charge is 0.423 e. The number of aryl methyl sites for hydroxylation is 2. The predicted octanol–water partition coefficient (Wildman–Crippen LogP) is 3.22. The topological polar surface area (TPSA) is 125 Å². The Morgan fingerprint density at radius 1 is 1.13 bits per heavy atom. The van der Waals surface area contributed by atoms with Crippen LogP contribution in [0.2, 0.25) is 0 Å². The maximum atomic E-state index is 12.7. The van der Waals surface area contributed by atoms with E-state index in [0.29, 0.717) is 29.3 Å². The Morgan fingerprint density at radius 2 is 2.00 bits per heavy atom. The highest BCUT2D eigenvalue weighted by molar-refractivity contribution is 7.07. The van der Waals surface area contributed by atoms with Gasteiger partial charge in [-0.2, -0.15) is 4.98 Å². The molecule has 4 N–H and O–H groups in total. The second-order valence-corrected chi connectivity index (χ2v) is 10.0. The number of carbonyl (C=O) groups excluding carboxylic acids is 1. The number of fused-ring (bicyclic) bond motifs is 2. The Bertz CT molecular complexity index is 1650. The van der Waals surface area contributed by atoms with E-state index in [1.165, 1.54) is 11.3 Å². The molecule has 190 valence electrons. The van der Waals surface area contributed by atoms with Crippen LogP contribution in [0.15, 0.2) is 59.4 Å². The fourth-order valence-electron chi connectivity index (χ4n) is 4.96. The SMILES string of the molecule is Cc1cc2c(NC(=O)c3cscn3)cccc2n1-c1nc2c(c(NCc3cccc(B(O)O)c3)n1)CCC2. The number of rotatable bonds is 7. The van der Waals surface area contributed by atoms with Gasteiger partial charge in [-0.3, -0.25) is 9.36 Å². The number of nitrogens with zero attached hydrogens (tertiary/aromatic N) is 4. The molecule has 0 saturated heterocycles. The molecule has 11 heteroatoms. The van der Waals surface area contributed by atoms with Crippen LogP contribution in [0.4, 0.5) is 11.5 Å². The Labute approximate surface area is 223 Å². The van der Waals surface area contributed by atoms with Gasteiger partial charge in [-0.25, -0.2) is 9.97 Å². The number of amides is 1. The van der Waals surface area contributed by atoms with Crippen LogP contribution >= 0.6 is 11.3 Å². The molecule has 9 nitrogen and oxygen atoms in total. The summed E-state index contributed by atoms with van der Waals surface area (Å²) in [6, 6.07) is 15.0. The number of aromatic nitrogens is 4. The van der Waals surface area contributed by atoms with Crippen LogP contribution in [0.25, 0.3) is 16.9 Å². The van der Waals surface area contributed by atoms with E-state index in [1.54, 1.807) is 23.0 Å². The predicted molar refractivity (Wildman–Crippen MR) is 149 cm³/mol. The summed E-state index contributed by atoms with van der Waals surface area (Å²) in [4.78, 5) is 26.7. The number of hydrogen-bond acceptors (Lipinski definition) is 8. The summed E-state index contributed by atoms with van der Waals surface area (Å²) in [5.74, 6) is 1.11. The highest BCUT2D eigenvalue weighted by Gasteiger charge is 2.22. The number of anilines is 2. The van der Waals surface area contributed by atoms with Crippen molar-refractivity contribution in [1.29, 1.82) is 0 Å². The van der Waals surface area contributed by atoms with Gasteiger partial charge in [-0.15, -0.1) is 11.3 Å². The molecule has 0 radical (unpaired) electrons. The molecule has 2 aromatic carbocycles. The Balaban J connectivity index is 1.35. The summed E-state index contributed by atoms with van der Waals surface area (Å²) < 4.78 is 2.01. The summed E-state index contributed by atoms with van der Waals surface area (Å²) in [5.41, 5.74) is 8.10. The van der Waals surface area contributed by atoms with Gasteiger partial charge in [-0.1, -0.05) is 30.3 Å². The lowest BCUT2D eigenvalue weighted by Gasteiger charge is -2.15. The van der Waals surface area contributed by atoms with Crippen molar-refractivity contribution >= 4 is 52.2 Å². The minimum Gasteiger partial charge on any atom is -0.423 e. The molecule has 1 aliphatic carbocycles. The molecule has 6 rings (SSSR count). The van der Waals surface area contributed by atoms with E-state index in [-0.39, 0.29) is 5.91 Å². The molecule has 3 heterocycles. The fourth-order valence-corrected chi connectivity index (χ4v) is 5.50. The fraction of sp³-hybridized carbons (Fsp3) is 0.185. The molecular weight excluding hydrogens is 499 g/mol. The van der Waals surface area contributed by atoms with Crippen molar-refractivity contribution in [2.75, 3.05) is 10.6 Å². The highest BCUT2D eigenvalue weighted by atomic mass is 32.1. The van der Waals surface area contributed by atoms with Gasteiger partial charge in [-0.05, 0) is 55.4 Å². The first-order valence-electron chi connectivity index (χ1n) is 12.4. The number of hydrogen-bond donors (Lipinski definition) is 4. The molecule has 0 bridgehead atoms. The molecule has 0 saturated carbocycles.